The first-order valence-corrected chi connectivity index (χ1v) is 9.10. The molecule has 0 heterocycles. The number of fused-ring (bicyclic) bond motifs is 1. The fourth-order valence-corrected chi connectivity index (χ4v) is 2.64. The topological polar surface area (TPSA) is 80.3 Å². The van der Waals surface area contributed by atoms with Crippen molar-refractivity contribution in [2.45, 2.75) is 13.8 Å². The van der Waals surface area contributed by atoms with E-state index in [1.165, 1.54) is 6.07 Å². The van der Waals surface area contributed by atoms with Crippen LogP contribution in [-0.4, -0.2) is 25.5 Å². The van der Waals surface area contributed by atoms with E-state index in [-0.39, 0.29) is 30.5 Å². The van der Waals surface area contributed by atoms with Crippen LogP contribution in [0.2, 0.25) is 0 Å². The highest BCUT2D eigenvalue weighted by Gasteiger charge is 2.21. The molecule has 3 aromatic carbocycles. The van der Waals surface area contributed by atoms with Crippen LogP contribution in [0.1, 0.15) is 13.8 Å². The van der Waals surface area contributed by atoms with Gasteiger partial charge in [-0.15, -0.1) is 0 Å². The maximum atomic E-state index is 12.0. The molecule has 0 saturated heterocycles. The van der Waals surface area contributed by atoms with E-state index < -0.39 is 12.3 Å². The summed E-state index contributed by atoms with van der Waals surface area (Å²) in [6.45, 7) is 3.69. The summed E-state index contributed by atoms with van der Waals surface area (Å²) >= 11 is 0. The zero-order valence-electron chi connectivity index (χ0n) is 16.0. The van der Waals surface area contributed by atoms with Crippen molar-refractivity contribution >= 4 is 23.1 Å². The average Bonchev–Trinajstić information content (AvgIpc) is 2.72. The average molecular weight is 396 g/mol. The molecule has 3 rings (SSSR count). The fraction of sp³-hybridized carbons (Fsp3) is 0.182. The lowest BCUT2D eigenvalue weighted by Gasteiger charge is -2.16. The number of carbonyl (C=O) groups excluding carboxylic acids is 2. The first-order chi connectivity index (χ1) is 14.1. The summed E-state index contributed by atoms with van der Waals surface area (Å²) < 4.78 is 26.5. The van der Waals surface area contributed by atoms with Crippen LogP contribution < -0.4 is 14.2 Å². The Kier molecular flexibility index (Phi) is 6.52. The van der Waals surface area contributed by atoms with E-state index in [4.69, 9.17) is 23.7 Å². The molecule has 150 valence electrons. The summed E-state index contributed by atoms with van der Waals surface area (Å²) in [5.74, 6) is 1.06. The second kappa shape index (κ2) is 9.45. The van der Waals surface area contributed by atoms with Gasteiger partial charge < -0.3 is 23.7 Å². The third kappa shape index (κ3) is 4.95. The van der Waals surface area contributed by atoms with Crippen molar-refractivity contribution < 1.29 is 33.3 Å². The lowest BCUT2D eigenvalue weighted by atomic mass is 10.1. The van der Waals surface area contributed by atoms with Gasteiger partial charge in [-0.1, -0.05) is 42.5 Å². The maximum absolute atomic E-state index is 12.0. The molecular formula is C22H20O7. The van der Waals surface area contributed by atoms with Gasteiger partial charge >= 0.3 is 12.3 Å². The van der Waals surface area contributed by atoms with Crippen molar-refractivity contribution in [3.8, 4) is 23.0 Å². The van der Waals surface area contributed by atoms with E-state index in [9.17, 15) is 9.59 Å². The molecule has 0 spiro atoms. The number of benzene rings is 3. The van der Waals surface area contributed by atoms with Crippen LogP contribution in [0.25, 0.3) is 10.8 Å². The molecule has 0 fully saturated rings. The van der Waals surface area contributed by atoms with Gasteiger partial charge in [0.1, 0.15) is 11.5 Å². The van der Waals surface area contributed by atoms with E-state index in [2.05, 4.69) is 0 Å². The highest BCUT2D eigenvalue weighted by atomic mass is 16.7. The molecule has 0 aliphatic carbocycles. The minimum Gasteiger partial charge on any atom is -0.453 e. The van der Waals surface area contributed by atoms with Crippen LogP contribution in [0.3, 0.4) is 0 Å². The Labute approximate surface area is 167 Å². The minimum absolute atomic E-state index is 0.152. The zero-order chi connectivity index (χ0) is 20.6. The first kappa shape index (κ1) is 20.0. The van der Waals surface area contributed by atoms with Crippen molar-refractivity contribution in [1.82, 2.24) is 0 Å². The van der Waals surface area contributed by atoms with Crippen LogP contribution >= 0.6 is 0 Å². The third-order valence-corrected chi connectivity index (χ3v) is 3.80. The second-order valence-corrected chi connectivity index (χ2v) is 5.73. The molecule has 0 atom stereocenters. The van der Waals surface area contributed by atoms with Crippen molar-refractivity contribution in [3.05, 3.63) is 60.7 Å². The molecule has 7 heteroatoms. The van der Waals surface area contributed by atoms with E-state index >= 15 is 0 Å². The summed E-state index contributed by atoms with van der Waals surface area (Å²) in [4.78, 5) is 23.9. The smallest absolute Gasteiger partial charge is 0.453 e. The van der Waals surface area contributed by atoms with Gasteiger partial charge in [0, 0.05) is 16.8 Å². The van der Waals surface area contributed by atoms with Crippen LogP contribution in [0, 0.1) is 0 Å². The number of rotatable bonds is 6. The molecule has 3 aromatic rings. The Morgan fingerprint density at radius 3 is 1.97 bits per heavy atom. The van der Waals surface area contributed by atoms with Crippen molar-refractivity contribution in [1.29, 1.82) is 0 Å². The lowest BCUT2D eigenvalue weighted by Crippen LogP contribution is -2.12. The molecule has 0 unspecified atom stereocenters. The first-order valence-electron chi connectivity index (χ1n) is 9.10. The molecule has 0 radical (unpaired) electrons. The molecular weight excluding hydrogens is 376 g/mol. The Bertz CT molecular complexity index is 999. The Balaban J connectivity index is 2.12. The van der Waals surface area contributed by atoms with E-state index in [0.29, 0.717) is 16.5 Å². The van der Waals surface area contributed by atoms with Gasteiger partial charge in [-0.2, -0.15) is 0 Å². The number of carbonyl (C=O) groups is 2. The zero-order valence-corrected chi connectivity index (χ0v) is 16.0. The summed E-state index contributed by atoms with van der Waals surface area (Å²) in [5.41, 5.74) is 0. The molecule has 0 amide bonds. The molecule has 0 saturated carbocycles. The maximum Gasteiger partial charge on any atom is 0.513 e. The SMILES string of the molecule is CCOC(=O)Oc1cc(Oc2ccccc2)c(OC(=O)OCC)c2ccccc12. The van der Waals surface area contributed by atoms with Crippen LogP contribution in [0.4, 0.5) is 9.59 Å². The molecule has 0 aliphatic rings. The van der Waals surface area contributed by atoms with Gasteiger partial charge in [0.15, 0.2) is 11.5 Å². The van der Waals surface area contributed by atoms with Gasteiger partial charge in [0.05, 0.1) is 13.2 Å². The van der Waals surface area contributed by atoms with Gasteiger partial charge in [-0.25, -0.2) is 9.59 Å². The second-order valence-electron chi connectivity index (χ2n) is 5.73. The van der Waals surface area contributed by atoms with Crippen molar-refractivity contribution in [2.24, 2.45) is 0 Å². The van der Waals surface area contributed by atoms with Crippen LogP contribution in [0.5, 0.6) is 23.0 Å². The Morgan fingerprint density at radius 2 is 1.31 bits per heavy atom. The molecule has 0 N–H and O–H groups in total. The van der Waals surface area contributed by atoms with Crippen LogP contribution in [-0.2, 0) is 9.47 Å². The van der Waals surface area contributed by atoms with E-state index in [1.807, 2.05) is 6.07 Å². The van der Waals surface area contributed by atoms with E-state index in [0.717, 1.165) is 0 Å². The molecule has 7 nitrogen and oxygen atoms in total. The summed E-state index contributed by atoms with van der Waals surface area (Å²) in [7, 11) is 0. The molecule has 0 aromatic heterocycles. The van der Waals surface area contributed by atoms with Crippen molar-refractivity contribution in [3.63, 3.8) is 0 Å². The monoisotopic (exact) mass is 396 g/mol. The Hall–Kier alpha value is -3.74. The lowest BCUT2D eigenvalue weighted by molar-refractivity contribution is 0.102. The molecule has 29 heavy (non-hydrogen) atoms. The minimum atomic E-state index is -0.866. The Morgan fingerprint density at radius 1 is 0.724 bits per heavy atom. The molecule has 0 bridgehead atoms. The fourth-order valence-electron chi connectivity index (χ4n) is 2.64. The summed E-state index contributed by atoms with van der Waals surface area (Å²) in [5, 5.41) is 1.05. The largest absolute Gasteiger partial charge is 0.513 e. The predicted octanol–water partition coefficient (Wildman–Crippen LogP) is 5.70. The summed E-state index contributed by atoms with van der Waals surface area (Å²) in [6, 6.07) is 17.4. The predicted molar refractivity (Wildman–Crippen MR) is 106 cm³/mol. The van der Waals surface area contributed by atoms with Gasteiger partial charge in [0.2, 0.25) is 0 Å². The van der Waals surface area contributed by atoms with Gasteiger partial charge in [0.25, 0.3) is 0 Å². The number of ether oxygens (including phenoxy) is 5. The number of hydrogen-bond donors (Lipinski definition) is 0. The van der Waals surface area contributed by atoms with E-state index in [1.54, 1.807) is 62.4 Å². The highest BCUT2D eigenvalue weighted by Crippen LogP contribution is 2.43. The highest BCUT2D eigenvalue weighted by molar-refractivity contribution is 5.97. The number of hydrogen-bond acceptors (Lipinski definition) is 7. The normalized spacial score (nSPS) is 10.3. The standard InChI is InChI=1S/C22H20O7/c1-3-25-21(23)28-18-14-19(27-15-10-6-5-7-11-15)20(29-22(24)26-4-2)17-13-9-8-12-16(17)18/h5-14H,3-4H2,1-2H3. The number of para-hydroxylation sites is 1. The quantitative estimate of drug-likeness (QED) is 0.390. The summed E-state index contributed by atoms with van der Waals surface area (Å²) in [6.07, 6.45) is -1.71. The molecule has 0 aliphatic heterocycles. The van der Waals surface area contributed by atoms with Gasteiger partial charge in [-0.3, -0.25) is 0 Å². The third-order valence-electron chi connectivity index (χ3n) is 3.80. The van der Waals surface area contributed by atoms with Crippen molar-refractivity contribution in [2.75, 3.05) is 13.2 Å². The van der Waals surface area contributed by atoms with Crippen LogP contribution in [0.15, 0.2) is 60.7 Å². The van der Waals surface area contributed by atoms with Gasteiger partial charge in [-0.05, 0) is 26.0 Å².